The van der Waals surface area contributed by atoms with Crippen LogP contribution in [0.1, 0.15) is 76.5 Å². The van der Waals surface area contributed by atoms with Gasteiger partial charge in [-0.15, -0.1) is 0 Å². The van der Waals surface area contributed by atoms with Gasteiger partial charge < -0.3 is 10.1 Å². The molecular weight excluding hydrogens is 280 g/mol. The van der Waals surface area contributed by atoms with Crippen LogP contribution in [0.25, 0.3) is 0 Å². The molecule has 1 saturated carbocycles. The Morgan fingerprint density at radius 2 is 2.05 bits per heavy atom. The molecule has 2 N–H and O–H groups in total. The fraction of sp³-hybridized carbons (Fsp3) is 0.812. The van der Waals surface area contributed by atoms with Gasteiger partial charge in [-0.25, -0.2) is 4.98 Å². The van der Waals surface area contributed by atoms with Gasteiger partial charge in [-0.05, 0) is 33.1 Å². The van der Waals surface area contributed by atoms with Crippen LogP contribution in [0.2, 0.25) is 0 Å². The van der Waals surface area contributed by atoms with Crippen LogP contribution in [-0.4, -0.2) is 33.3 Å². The normalized spacial score (nSPS) is 19.4. The molecule has 1 aliphatic carbocycles. The number of hydrogen-bond donors (Lipinski definition) is 2. The van der Waals surface area contributed by atoms with Gasteiger partial charge in [0.25, 0.3) is 0 Å². The van der Waals surface area contributed by atoms with Gasteiger partial charge in [-0.2, -0.15) is 5.10 Å². The maximum atomic E-state index is 12.4. The first kappa shape index (κ1) is 16.9. The highest BCUT2D eigenvalue weighted by Gasteiger charge is 2.24. The van der Waals surface area contributed by atoms with Gasteiger partial charge in [-0.1, -0.05) is 32.6 Å². The molecule has 0 bridgehead atoms. The van der Waals surface area contributed by atoms with Crippen molar-refractivity contribution in [1.82, 2.24) is 20.5 Å². The fourth-order valence-corrected chi connectivity index (χ4v) is 2.88. The number of nitrogens with zero attached hydrogens (tertiary/aromatic N) is 2. The minimum Gasteiger partial charge on any atom is -0.365 e. The number of aromatic nitrogens is 3. The highest BCUT2D eigenvalue weighted by molar-refractivity contribution is 5.80. The number of carbonyl (C=O) groups excluding carboxylic acids is 1. The molecule has 22 heavy (non-hydrogen) atoms. The molecule has 0 saturated heterocycles. The standard InChI is InChI=1S/C16H28N4O2/c1-4-14(15-17-12(3)19-20-15)18-16(21)11(2)22-13-9-7-5-6-8-10-13/h11,13-14H,4-10H2,1-3H3,(H,18,21)(H,17,19,20)/t11-,14+/m1/s1. The number of aryl methyl sites for hydroxylation is 1. The summed E-state index contributed by atoms with van der Waals surface area (Å²) in [6.07, 6.45) is 7.63. The molecule has 2 rings (SSSR count). The zero-order valence-corrected chi connectivity index (χ0v) is 13.9. The first-order chi connectivity index (χ1) is 10.6. The topological polar surface area (TPSA) is 79.9 Å². The number of hydrogen-bond acceptors (Lipinski definition) is 4. The number of carbonyl (C=O) groups is 1. The maximum absolute atomic E-state index is 12.4. The van der Waals surface area contributed by atoms with Gasteiger partial charge in [0, 0.05) is 0 Å². The molecule has 1 aromatic heterocycles. The highest BCUT2D eigenvalue weighted by atomic mass is 16.5. The molecular formula is C16H28N4O2. The van der Waals surface area contributed by atoms with E-state index in [1.54, 1.807) is 0 Å². The third-order valence-electron chi connectivity index (χ3n) is 4.22. The van der Waals surface area contributed by atoms with Crippen molar-refractivity contribution < 1.29 is 9.53 Å². The predicted molar refractivity (Wildman–Crippen MR) is 84.3 cm³/mol. The monoisotopic (exact) mass is 308 g/mol. The molecule has 0 aromatic carbocycles. The summed E-state index contributed by atoms with van der Waals surface area (Å²) in [7, 11) is 0. The lowest BCUT2D eigenvalue weighted by Gasteiger charge is -2.22. The van der Waals surface area contributed by atoms with E-state index in [1.165, 1.54) is 25.7 Å². The Balaban J connectivity index is 1.86. The van der Waals surface area contributed by atoms with Crippen molar-refractivity contribution in [2.45, 2.75) is 84.0 Å². The fourth-order valence-electron chi connectivity index (χ4n) is 2.88. The summed E-state index contributed by atoms with van der Waals surface area (Å²) < 4.78 is 5.96. The number of aromatic amines is 1. The Kier molecular flexibility index (Phi) is 6.36. The number of amides is 1. The molecule has 124 valence electrons. The zero-order valence-electron chi connectivity index (χ0n) is 13.9. The highest BCUT2D eigenvalue weighted by Crippen LogP contribution is 2.21. The van der Waals surface area contributed by atoms with Crippen LogP contribution in [0.5, 0.6) is 0 Å². The van der Waals surface area contributed by atoms with Crippen LogP contribution in [0, 0.1) is 6.92 Å². The van der Waals surface area contributed by atoms with Gasteiger partial charge in [0.1, 0.15) is 11.9 Å². The SMILES string of the molecule is CC[C@H](NC(=O)[C@@H](C)OC1CCCCCC1)c1n[nH]c(C)n1. The largest absolute Gasteiger partial charge is 0.365 e. The summed E-state index contributed by atoms with van der Waals surface area (Å²) in [5.74, 6) is 1.30. The number of nitrogens with one attached hydrogen (secondary N) is 2. The lowest BCUT2D eigenvalue weighted by atomic mass is 10.1. The lowest BCUT2D eigenvalue weighted by molar-refractivity contribution is -0.136. The van der Waals surface area contributed by atoms with Crippen molar-refractivity contribution >= 4 is 5.91 Å². The smallest absolute Gasteiger partial charge is 0.249 e. The number of ether oxygens (including phenoxy) is 1. The van der Waals surface area contributed by atoms with Crippen LogP contribution in [0.3, 0.4) is 0 Å². The summed E-state index contributed by atoms with van der Waals surface area (Å²) in [5.41, 5.74) is 0. The van der Waals surface area contributed by atoms with E-state index in [0.29, 0.717) is 5.82 Å². The van der Waals surface area contributed by atoms with Crippen LogP contribution < -0.4 is 5.32 Å². The predicted octanol–water partition coefficient (Wildman–Crippen LogP) is 2.81. The van der Waals surface area contributed by atoms with E-state index in [4.69, 9.17) is 4.74 Å². The van der Waals surface area contributed by atoms with Gasteiger partial charge in [0.15, 0.2) is 5.82 Å². The molecule has 2 atom stereocenters. The van der Waals surface area contributed by atoms with E-state index in [2.05, 4.69) is 20.5 Å². The van der Waals surface area contributed by atoms with E-state index in [9.17, 15) is 4.79 Å². The van der Waals surface area contributed by atoms with Gasteiger partial charge >= 0.3 is 0 Å². The van der Waals surface area contributed by atoms with Crippen molar-refractivity contribution in [2.24, 2.45) is 0 Å². The molecule has 0 aliphatic heterocycles. The summed E-state index contributed by atoms with van der Waals surface area (Å²) in [6.45, 7) is 5.69. The van der Waals surface area contributed by atoms with E-state index >= 15 is 0 Å². The second kappa shape index (κ2) is 8.27. The van der Waals surface area contributed by atoms with E-state index < -0.39 is 6.10 Å². The van der Waals surface area contributed by atoms with E-state index in [1.807, 2.05) is 20.8 Å². The molecule has 6 heteroatoms. The van der Waals surface area contributed by atoms with Crippen molar-refractivity contribution in [3.8, 4) is 0 Å². The second-order valence-electron chi connectivity index (χ2n) is 6.14. The summed E-state index contributed by atoms with van der Waals surface area (Å²) in [6, 6.07) is -0.169. The molecule has 1 amide bonds. The van der Waals surface area contributed by atoms with Crippen LogP contribution in [0.15, 0.2) is 0 Å². The molecule has 1 heterocycles. The van der Waals surface area contributed by atoms with Gasteiger partial charge in [0.2, 0.25) is 5.91 Å². The quantitative estimate of drug-likeness (QED) is 0.792. The minimum atomic E-state index is -0.433. The Morgan fingerprint density at radius 1 is 1.36 bits per heavy atom. The van der Waals surface area contributed by atoms with Gasteiger partial charge in [-0.3, -0.25) is 9.89 Å². The molecule has 1 fully saturated rings. The second-order valence-corrected chi connectivity index (χ2v) is 6.14. The Labute approximate surface area is 132 Å². The summed E-state index contributed by atoms with van der Waals surface area (Å²) in [5, 5.41) is 9.94. The average molecular weight is 308 g/mol. The molecule has 0 radical (unpaired) electrons. The first-order valence-electron chi connectivity index (χ1n) is 8.45. The molecule has 0 unspecified atom stereocenters. The van der Waals surface area contributed by atoms with Crippen molar-refractivity contribution in [3.05, 3.63) is 11.6 Å². The van der Waals surface area contributed by atoms with E-state index in [0.717, 1.165) is 25.1 Å². The van der Waals surface area contributed by atoms with Crippen molar-refractivity contribution in [3.63, 3.8) is 0 Å². The number of rotatable bonds is 6. The average Bonchev–Trinajstić information content (AvgIpc) is 2.77. The lowest BCUT2D eigenvalue weighted by Crippen LogP contribution is -2.39. The van der Waals surface area contributed by atoms with Crippen LogP contribution in [-0.2, 0) is 9.53 Å². The summed E-state index contributed by atoms with van der Waals surface area (Å²) >= 11 is 0. The Morgan fingerprint density at radius 3 is 2.59 bits per heavy atom. The van der Waals surface area contributed by atoms with Gasteiger partial charge in [0.05, 0.1) is 12.1 Å². The maximum Gasteiger partial charge on any atom is 0.249 e. The third-order valence-corrected chi connectivity index (χ3v) is 4.22. The Hall–Kier alpha value is -1.43. The molecule has 1 aliphatic rings. The van der Waals surface area contributed by atoms with Crippen LogP contribution >= 0.6 is 0 Å². The first-order valence-corrected chi connectivity index (χ1v) is 8.45. The molecule has 6 nitrogen and oxygen atoms in total. The summed E-state index contributed by atoms with van der Waals surface area (Å²) in [4.78, 5) is 16.7. The molecule has 0 spiro atoms. The van der Waals surface area contributed by atoms with E-state index in [-0.39, 0.29) is 18.1 Å². The van der Waals surface area contributed by atoms with Crippen LogP contribution in [0.4, 0.5) is 0 Å². The molecule has 1 aromatic rings. The Bertz CT molecular complexity index is 466. The zero-order chi connectivity index (χ0) is 15.9. The third kappa shape index (κ3) is 4.80. The van der Waals surface area contributed by atoms with Crippen molar-refractivity contribution in [2.75, 3.05) is 0 Å². The van der Waals surface area contributed by atoms with Crippen molar-refractivity contribution in [1.29, 1.82) is 0 Å². The number of H-pyrrole nitrogens is 1. The minimum absolute atomic E-state index is 0.0847.